The maximum absolute atomic E-state index is 12.9. The van der Waals surface area contributed by atoms with Crippen molar-refractivity contribution in [3.05, 3.63) is 65.2 Å². The lowest BCUT2D eigenvalue weighted by Gasteiger charge is -2.29. The molecule has 1 unspecified atom stereocenters. The zero-order valence-electron chi connectivity index (χ0n) is 16.0. The summed E-state index contributed by atoms with van der Waals surface area (Å²) in [5, 5.41) is 4.26. The van der Waals surface area contributed by atoms with E-state index in [1.807, 2.05) is 48.5 Å². The summed E-state index contributed by atoms with van der Waals surface area (Å²) >= 11 is 1.74. The van der Waals surface area contributed by atoms with Crippen LogP contribution in [0.3, 0.4) is 0 Å². The number of hydrogen-bond acceptors (Lipinski definition) is 4. The predicted octanol–water partition coefficient (Wildman–Crippen LogP) is 4.43. The summed E-state index contributed by atoms with van der Waals surface area (Å²) in [5.41, 5.74) is 2.11. The summed E-state index contributed by atoms with van der Waals surface area (Å²) < 4.78 is 1.22. The summed E-state index contributed by atoms with van der Waals surface area (Å²) in [6, 6.07) is 18.0. The molecule has 2 aromatic carbocycles. The van der Waals surface area contributed by atoms with Gasteiger partial charge in [-0.15, -0.1) is 11.3 Å². The standard InChI is InChI=1S/C22H27N3OS/c1-3-25(4-2)21(17-11-6-5-7-12-17)22(26)23-16-10-15-20-24-18-13-8-9-14-19(18)27-20/h5-9,11-14,21H,3-4,10,15-16H2,1-2H3,(H,23,26). The number of carbonyl (C=O) groups is 1. The molecule has 5 heteroatoms. The van der Waals surface area contributed by atoms with E-state index in [0.29, 0.717) is 6.54 Å². The summed E-state index contributed by atoms with van der Waals surface area (Å²) in [4.78, 5) is 19.7. The van der Waals surface area contributed by atoms with E-state index in [9.17, 15) is 4.79 Å². The zero-order chi connectivity index (χ0) is 19.1. The fourth-order valence-corrected chi connectivity index (χ4v) is 4.34. The molecular weight excluding hydrogens is 354 g/mol. The summed E-state index contributed by atoms with van der Waals surface area (Å²) in [6.07, 6.45) is 1.78. The van der Waals surface area contributed by atoms with Gasteiger partial charge in [-0.1, -0.05) is 56.3 Å². The highest BCUT2D eigenvalue weighted by molar-refractivity contribution is 7.18. The van der Waals surface area contributed by atoms with E-state index < -0.39 is 0 Å². The second kappa shape index (κ2) is 9.62. The van der Waals surface area contributed by atoms with Crippen LogP contribution in [0.1, 0.15) is 36.9 Å². The molecule has 4 nitrogen and oxygen atoms in total. The second-order valence-electron chi connectivity index (χ2n) is 6.50. The molecule has 3 aromatic rings. The van der Waals surface area contributed by atoms with Crippen LogP contribution in [0, 0.1) is 0 Å². The molecule has 0 aliphatic carbocycles. The molecule has 0 bridgehead atoms. The number of para-hydroxylation sites is 1. The van der Waals surface area contributed by atoms with Gasteiger partial charge in [0.25, 0.3) is 0 Å². The third kappa shape index (κ3) is 4.93. The molecule has 1 heterocycles. The Morgan fingerprint density at radius 2 is 1.78 bits per heavy atom. The molecule has 0 aliphatic rings. The number of hydrogen-bond donors (Lipinski definition) is 1. The lowest BCUT2D eigenvalue weighted by molar-refractivity contribution is -0.126. The molecule has 142 valence electrons. The first-order chi connectivity index (χ1) is 13.2. The van der Waals surface area contributed by atoms with Gasteiger partial charge < -0.3 is 5.32 Å². The largest absolute Gasteiger partial charge is 0.354 e. The number of aromatic nitrogens is 1. The van der Waals surface area contributed by atoms with Gasteiger partial charge in [0.1, 0.15) is 6.04 Å². The molecule has 0 fully saturated rings. The van der Waals surface area contributed by atoms with E-state index in [2.05, 4.69) is 35.1 Å². The number of aryl methyl sites for hydroxylation is 1. The maximum atomic E-state index is 12.9. The molecule has 1 aromatic heterocycles. The number of nitrogens with one attached hydrogen (secondary N) is 1. The minimum absolute atomic E-state index is 0.0780. The number of amides is 1. The van der Waals surface area contributed by atoms with E-state index in [-0.39, 0.29) is 11.9 Å². The average Bonchev–Trinajstić information content (AvgIpc) is 3.12. The van der Waals surface area contributed by atoms with Gasteiger partial charge in [-0.25, -0.2) is 4.98 Å². The smallest absolute Gasteiger partial charge is 0.241 e. The van der Waals surface area contributed by atoms with E-state index in [0.717, 1.165) is 42.0 Å². The van der Waals surface area contributed by atoms with E-state index >= 15 is 0 Å². The molecular formula is C22H27N3OS. The number of nitrogens with zero attached hydrogens (tertiary/aromatic N) is 2. The van der Waals surface area contributed by atoms with Gasteiger partial charge in [0.05, 0.1) is 15.2 Å². The maximum Gasteiger partial charge on any atom is 0.241 e. The fraction of sp³-hybridized carbons (Fsp3) is 0.364. The van der Waals surface area contributed by atoms with E-state index in [1.54, 1.807) is 11.3 Å². The van der Waals surface area contributed by atoms with Gasteiger partial charge in [-0.05, 0) is 37.2 Å². The molecule has 0 saturated heterocycles. The Balaban J connectivity index is 1.57. The minimum atomic E-state index is -0.233. The molecule has 0 radical (unpaired) electrons. The van der Waals surface area contributed by atoms with Crippen molar-refractivity contribution in [2.45, 2.75) is 32.7 Å². The fourth-order valence-electron chi connectivity index (χ4n) is 3.33. The number of thiazole rings is 1. The molecule has 1 amide bonds. The van der Waals surface area contributed by atoms with Crippen molar-refractivity contribution < 1.29 is 4.79 Å². The monoisotopic (exact) mass is 381 g/mol. The van der Waals surface area contributed by atoms with Gasteiger partial charge in [-0.2, -0.15) is 0 Å². The highest BCUT2D eigenvalue weighted by Gasteiger charge is 2.25. The van der Waals surface area contributed by atoms with Crippen molar-refractivity contribution in [2.75, 3.05) is 19.6 Å². The number of likely N-dealkylation sites (N-methyl/N-ethyl adjacent to an activating group) is 1. The Morgan fingerprint density at radius 3 is 2.48 bits per heavy atom. The topological polar surface area (TPSA) is 45.2 Å². The first kappa shape index (κ1) is 19.5. The number of benzene rings is 2. The molecule has 1 N–H and O–H groups in total. The van der Waals surface area contributed by atoms with E-state index in [4.69, 9.17) is 0 Å². The molecule has 27 heavy (non-hydrogen) atoms. The van der Waals surface area contributed by atoms with Crippen LogP contribution in [0.25, 0.3) is 10.2 Å². The van der Waals surface area contributed by atoms with Crippen LogP contribution >= 0.6 is 11.3 Å². The van der Waals surface area contributed by atoms with Crippen molar-refractivity contribution in [1.29, 1.82) is 0 Å². The molecule has 1 atom stereocenters. The second-order valence-corrected chi connectivity index (χ2v) is 7.62. The predicted molar refractivity (Wildman–Crippen MR) is 113 cm³/mol. The van der Waals surface area contributed by atoms with Crippen LogP contribution in [0.5, 0.6) is 0 Å². The lowest BCUT2D eigenvalue weighted by atomic mass is 10.0. The number of fused-ring (bicyclic) bond motifs is 1. The first-order valence-corrected chi connectivity index (χ1v) is 10.5. The molecule has 0 spiro atoms. The van der Waals surface area contributed by atoms with Crippen LogP contribution in [-0.4, -0.2) is 35.4 Å². The minimum Gasteiger partial charge on any atom is -0.354 e. The highest BCUT2D eigenvalue weighted by Crippen LogP contribution is 2.23. The first-order valence-electron chi connectivity index (χ1n) is 9.64. The Kier molecular flexibility index (Phi) is 6.96. The number of carbonyl (C=O) groups excluding carboxylic acids is 1. The molecule has 3 rings (SSSR count). The van der Waals surface area contributed by atoms with Crippen LogP contribution in [0.15, 0.2) is 54.6 Å². The highest BCUT2D eigenvalue weighted by atomic mass is 32.1. The van der Waals surface area contributed by atoms with Gasteiger partial charge in [0.2, 0.25) is 5.91 Å². The molecule has 0 saturated carbocycles. The van der Waals surface area contributed by atoms with Gasteiger partial charge in [-0.3, -0.25) is 9.69 Å². The van der Waals surface area contributed by atoms with Crippen molar-refractivity contribution in [1.82, 2.24) is 15.2 Å². The average molecular weight is 382 g/mol. The Labute approximate surface area is 165 Å². The third-order valence-electron chi connectivity index (χ3n) is 4.75. The van der Waals surface area contributed by atoms with Gasteiger partial charge >= 0.3 is 0 Å². The summed E-state index contributed by atoms with van der Waals surface area (Å²) in [7, 11) is 0. The normalized spacial score (nSPS) is 12.4. The summed E-state index contributed by atoms with van der Waals surface area (Å²) in [5.74, 6) is 0.0780. The number of rotatable bonds is 9. The van der Waals surface area contributed by atoms with E-state index in [1.165, 1.54) is 4.70 Å². The van der Waals surface area contributed by atoms with Crippen molar-refractivity contribution >= 4 is 27.5 Å². The van der Waals surface area contributed by atoms with Gasteiger partial charge in [0, 0.05) is 13.0 Å². The SMILES string of the molecule is CCN(CC)C(C(=O)NCCCc1nc2ccccc2s1)c1ccccc1. The van der Waals surface area contributed by atoms with Crippen molar-refractivity contribution in [2.24, 2.45) is 0 Å². The van der Waals surface area contributed by atoms with Crippen LogP contribution in [0.2, 0.25) is 0 Å². The van der Waals surface area contributed by atoms with Crippen molar-refractivity contribution in [3.8, 4) is 0 Å². The zero-order valence-corrected chi connectivity index (χ0v) is 16.8. The van der Waals surface area contributed by atoms with Gasteiger partial charge in [0.15, 0.2) is 0 Å². The summed E-state index contributed by atoms with van der Waals surface area (Å²) in [6.45, 7) is 6.55. The lowest BCUT2D eigenvalue weighted by Crippen LogP contribution is -2.41. The van der Waals surface area contributed by atoms with Crippen molar-refractivity contribution in [3.63, 3.8) is 0 Å². The van der Waals surface area contributed by atoms with Crippen LogP contribution in [0.4, 0.5) is 0 Å². The quantitative estimate of drug-likeness (QED) is 0.558. The molecule has 0 aliphatic heterocycles. The Bertz CT molecular complexity index is 825. The third-order valence-corrected chi connectivity index (χ3v) is 5.84. The Morgan fingerprint density at radius 1 is 1.07 bits per heavy atom. The van der Waals surface area contributed by atoms with Crippen LogP contribution < -0.4 is 5.32 Å². The van der Waals surface area contributed by atoms with Crippen LogP contribution in [-0.2, 0) is 11.2 Å². The Hall–Kier alpha value is -2.24.